The molecule has 0 radical (unpaired) electrons. The molecule has 20 heavy (non-hydrogen) atoms. The second-order valence-corrected chi connectivity index (χ2v) is 4.90. The summed E-state index contributed by atoms with van der Waals surface area (Å²) in [7, 11) is 1.56. The highest BCUT2D eigenvalue weighted by Crippen LogP contribution is 2.18. The molecule has 1 aliphatic heterocycles. The van der Waals surface area contributed by atoms with Crippen molar-refractivity contribution in [1.82, 2.24) is 25.2 Å². The zero-order chi connectivity index (χ0) is 14.5. The van der Waals surface area contributed by atoms with Gasteiger partial charge in [0, 0.05) is 26.7 Å². The van der Waals surface area contributed by atoms with E-state index < -0.39 is 0 Å². The van der Waals surface area contributed by atoms with Gasteiger partial charge in [0.1, 0.15) is 0 Å². The van der Waals surface area contributed by atoms with Gasteiger partial charge in [0.2, 0.25) is 5.91 Å². The number of nitrogens with zero attached hydrogens (tertiary/aromatic N) is 4. The molecule has 1 N–H and O–H groups in total. The van der Waals surface area contributed by atoms with Crippen LogP contribution < -0.4 is 5.32 Å². The fraction of sp³-hybridized carbons (Fsp3) is 0.538. The predicted molar refractivity (Wildman–Crippen MR) is 72.9 cm³/mol. The van der Waals surface area contributed by atoms with Gasteiger partial charge in [0.15, 0.2) is 5.69 Å². The van der Waals surface area contributed by atoms with Gasteiger partial charge in [-0.05, 0) is 24.8 Å². The maximum atomic E-state index is 11.6. The molecule has 1 unspecified atom stereocenters. The van der Waals surface area contributed by atoms with E-state index in [1.807, 2.05) is 0 Å². The summed E-state index contributed by atoms with van der Waals surface area (Å²) >= 11 is 0. The van der Waals surface area contributed by atoms with Crippen LogP contribution in [0.15, 0.2) is 18.9 Å². The van der Waals surface area contributed by atoms with Gasteiger partial charge in [-0.15, -0.1) is 5.10 Å². The van der Waals surface area contributed by atoms with Gasteiger partial charge < -0.3 is 10.2 Å². The van der Waals surface area contributed by atoms with E-state index in [0.717, 1.165) is 19.4 Å². The molecule has 2 amide bonds. The first-order valence-electron chi connectivity index (χ1n) is 6.67. The largest absolute Gasteiger partial charge is 0.354 e. The van der Waals surface area contributed by atoms with Crippen molar-refractivity contribution in [2.45, 2.75) is 19.4 Å². The van der Waals surface area contributed by atoms with Crippen LogP contribution in [0.5, 0.6) is 0 Å². The van der Waals surface area contributed by atoms with Crippen LogP contribution in [0.4, 0.5) is 0 Å². The number of hydrogen-bond acceptors (Lipinski definition) is 4. The van der Waals surface area contributed by atoms with Crippen molar-refractivity contribution in [3.8, 4) is 0 Å². The lowest BCUT2D eigenvalue weighted by molar-refractivity contribution is -0.127. The van der Waals surface area contributed by atoms with Gasteiger partial charge in [-0.1, -0.05) is 11.8 Å². The van der Waals surface area contributed by atoms with E-state index in [4.69, 9.17) is 0 Å². The summed E-state index contributed by atoms with van der Waals surface area (Å²) in [4.78, 5) is 24.8. The van der Waals surface area contributed by atoms with Crippen LogP contribution in [0, 0.1) is 5.92 Å². The van der Waals surface area contributed by atoms with Crippen LogP contribution in [0.2, 0.25) is 0 Å². The molecule has 2 heterocycles. The fourth-order valence-corrected chi connectivity index (χ4v) is 2.43. The highest BCUT2D eigenvalue weighted by molar-refractivity contribution is 5.91. The van der Waals surface area contributed by atoms with E-state index in [9.17, 15) is 9.59 Å². The Kier molecular flexibility index (Phi) is 4.49. The Balaban J connectivity index is 1.95. The van der Waals surface area contributed by atoms with Crippen LogP contribution in [-0.2, 0) is 11.3 Å². The first-order chi connectivity index (χ1) is 9.63. The molecule has 1 atom stereocenters. The van der Waals surface area contributed by atoms with E-state index >= 15 is 0 Å². The van der Waals surface area contributed by atoms with Gasteiger partial charge in [-0.2, -0.15) is 0 Å². The number of aromatic nitrogens is 3. The number of carbonyl (C=O) groups is 2. The van der Waals surface area contributed by atoms with Gasteiger partial charge in [0.05, 0.1) is 6.20 Å². The highest BCUT2D eigenvalue weighted by atomic mass is 16.2. The molecule has 1 fully saturated rings. The summed E-state index contributed by atoms with van der Waals surface area (Å²) in [6.07, 6.45) is 4.99. The van der Waals surface area contributed by atoms with Gasteiger partial charge >= 0.3 is 0 Å². The Bertz CT molecular complexity index is 511. The van der Waals surface area contributed by atoms with E-state index in [1.54, 1.807) is 22.8 Å². The van der Waals surface area contributed by atoms with Crippen LogP contribution >= 0.6 is 0 Å². The third-order valence-corrected chi connectivity index (χ3v) is 3.45. The average Bonchev–Trinajstić information content (AvgIpc) is 2.94. The van der Waals surface area contributed by atoms with Crippen molar-refractivity contribution < 1.29 is 9.59 Å². The number of likely N-dealkylation sites (tertiary alicyclic amines) is 1. The summed E-state index contributed by atoms with van der Waals surface area (Å²) in [5, 5.41) is 10.3. The summed E-state index contributed by atoms with van der Waals surface area (Å²) in [5.41, 5.74) is 0.308. The molecule has 1 saturated heterocycles. The molecule has 0 spiro atoms. The van der Waals surface area contributed by atoms with Crippen molar-refractivity contribution in [3.63, 3.8) is 0 Å². The Hall–Kier alpha value is -2.18. The number of nitrogens with one attached hydrogen (secondary N) is 1. The Morgan fingerprint density at radius 3 is 3.10 bits per heavy atom. The molecule has 0 saturated carbocycles. The zero-order valence-electron chi connectivity index (χ0n) is 11.6. The Morgan fingerprint density at radius 1 is 1.60 bits per heavy atom. The molecule has 0 bridgehead atoms. The first kappa shape index (κ1) is 14.2. The smallest absolute Gasteiger partial charge is 0.273 e. The van der Waals surface area contributed by atoms with E-state index in [-0.39, 0.29) is 11.8 Å². The van der Waals surface area contributed by atoms with Crippen molar-refractivity contribution in [3.05, 3.63) is 24.5 Å². The number of carbonyl (C=O) groups excluding carboxylic acids is 2. The molecule has 0 aromatic carbocycles. The van der Waals surface area contributed by atoms with Crippen LogP contribution in [0.3, 0.4) is 0 Å². The SMILES string of the molecule is C=CC(=O)N1CCCC(Cn2cc(C(=O)NC)nn2)C1. The molecule has 1 aromatic rings. The fourth-order valence-electron chi connectivity index (χ4n) is 2.43. The van der Waals surface area contributed by atoms with E-state index in [2.05, 4.69) is 22.2 Å². The van der Waals surface area contributed by atoms with Gasteiger partial charge in [-0.25, -0.2) is 0 Å². The summed E-state index contributed by atoms with van der Waals surface area (Å²) in [5.74, 6) is 0.0505. The second kappa shape index (κ2) is 6.31. The summed E-state index contributed by atoms with van der Waals surface area (Å²) in [6, 6.07) is 0. The molecule has 1 aromatic heterocycles. The zero-order valence-corrected chi connectivity index (χ0v) is 11.6. The van der Waals surface area contributed by atoms with E-state index in [0.29, 0.717) is 24.7 Å². The number of amides is 2. The molecule has 108 valence electrons. The molecule has 7 nitrogen and oxygen atoms in total. The lowest BCUT2D eigenvalue weighted by atomic mass is 9.98. The molecule has 1 aliphatic rings. The quantitative estimate of drug-likeness (QED) is 0.789. The highest BCUT2D eigenvalue weighted by Gasteiger charge is 2.23. The topological polar surface area (TPSA) is 80.1 Å². The van der Waals surface area contributed by atoms with Crippen molar-refractivity contribution in [2.75, 3.05) is 20.1 Å². The maximum absolute atomic E-state index is 11.6. The first-order valence-corrected chi connectivity index (χ1v) is 6.67. The van der Waals surface area contributed by atoms with Crippen molar-refractivity contribution >= 4 is 11.8 Å². The Morgan fingerprint density at radius 2 is 2.40 bits per heavy atom. The number of hydrogen-bond donors (Lipinski definition) is 1. The minimum Gasteiger partial charge on any atom is -0.354 e. The molecule has 0 aliphatic carbocycles. The standard InChI is InChI=1S/C13H19N5O2/c1-3-12(19)17-6-4-5-10(7-17)8-18-9-11(15-16-18)13(20)14-2/h3,9-10H,1,4-8H2,2H3,(H,14,20). The summed E-state index contributed by atoms with van der Waals surface area (Å²) < 4.78 is 1.66. The average molecular weight is 277 g/mol. The number of piperidine rings is 1. The number of rotatable bonds is 4. The van der Waals surface area contributed by atoms with Crippen molar-refractivity contribution in [2.24, 2.45) is 5.92 Å². The Labute approximate surface area is 117 Å². The van der Waals surface area contributed by atoms with Gasteiger partial charge in [-0.3, -0.25) is 14.3 Å². The lowest BCUT2D eigenvalue weighted by Crippen LogP contribution is -2.40. The molecule has 7 heteroatoms. The third kappa shape index (κ3) is 3.23. The van der Waals surface area contributed by atoms with Crippen molar-refractivity contribution in [1.29, 1.82) is 0 Å². The minimum absolute atomic E-state index is 0.0284. The van der Waals surface area contributed by atoms with E-state index in [1.165, 1.54) is 6.08 Å². The summed E-state index contributed by atoms with van der Waals surface area (Å²) in [6.45, 7) is 5.65. The third-order valence-electron chi connectivity index (χ3n) is 3.45. The van der Waals surface area contributed by atoms with Crippen LogP contribution in [-0.4, -0.2) is 51.8 Å². The molecule has 2 rings (SSSR count). The van der Waals surface area contributed by atoms with Crippen LogP contribution in [0.1, 0.15) is 23.3 Å². The molecular formula is C13H19N5O2. The molecular weight excluding hydrogens is 258 g/mol. The van der Waals surface area contributed by atoms with Gasteiger partial charge in [0.25, 0.3) is 5.91 Å². The lowest BCUT2D eigenvalue weighted by Gasteiger charge is -2.31. The predicted octanol–water partition coefficient (Wildman–Crippen LogP) is 0.0623. The normalized spacial score (nSPS) is 18.6. The second-order valence-electron chi connectivity index (χ2n) is 4.90. The van der Waals surface area contributed by atoms with Crippen LogP contribution in [0.25, 0.3) is 0 Å². The maximum Gasteiger partial charge on any atom is 0.273 e. The minimum atomic E-state index is -0.247. The monoisotopic (exact) mass is 277 g/mol.